The lowest BCUT2D eigenvalue weighted by Crippen LogP contribution is -2.31. The van der Waals surface area contributed by atoms with E-state index in [0.717, 1.165) is 53.8 Å². The Morgan fingerprint density at radius 3 is 2.65 bits per heavy atom. The number of amides is 1. The van der Waals surface area contributed by atoms with Crippen LogP contribution in [0.2, 0.25) is 0 Å². The number of ether oxygens (including phenoxy) is 1. The third-order valence-corrected chi connectivity index (χ3v) is 7.59. The van der Waals surface area contributed by atoms with Crippen LogP contribution in [0.15, 0.2) is 78.4 Å². The molecule has 3 N–H and O–H groups in total. The van der Waals surface area contributed by atoms with Gasteiger partial charge in [0, 0.05) is 18.4 Å². The van der Waals surface area contributed by atoms with Gasteiger partial charge in [0.1, 0.15) is 18.2 Å². The number of anilines is 2. The number of carbonyl (C=O) groups is 1. The molecule has 7 heteroatoms. The number of carbonyl (C=O) groups excluding carboxylic acids is 1. The molecule has 2 aliphatic rings. The first-order valence-corrected chi connectivity index (χ1v) is 14.0. The Hall–Kier alpha value is -3.94. The Labute approximate surface area is 236 Å². The number of hydroxylamine groups is 2. The molecule has 0 radical (unpaired) electrons. The van der Waals surface area contributed by atoms with Gasteiger partial charge in [0.25, 0.3) is 5.91 Å². The standard InChI is InChI=1S/C33H38N4O3/c1-22-12-14-26(15-13-22)35-33(38)29-21-28-30(19-25(20-31(28)37(3)39)24-9-5-4-6-10-24)36-32(29)34-16-17-40-27-11-7-8-23(2)18-27/h5,7-15,18,21,25,31,39H,4,6,16-17,19-20H2,1-3H3,(H,34,36)(H,35,38). The first kappa shape index (κ1) is 27.6. The maximum atomic E-state index is 13.6. The highest BCUT2D eigenvalue weighted by atomic mass is 16.5. The van der Waals surface area contributed by atoms with Crippen LogP contribution in [0.5, 0.6) is 5.75 Å². The van der Waals surface area contributed by atoms with Gasteiger partial charge in [-0.2, -0.15) is 5.06 Å². The van der Waals surface area contributed by atoms with E-state index < -0.39 is 0 Å². The SMILES string of the molecule is Cc1ccc(NC(=O)c2cc3c(nc2NCCOc2cccc(C)c2)CC(C2=CCCC=C2)CC3N(C)O)cc1. The van der Waals surface area contributed by atoms with Gasteiger partial charge in [0.2, 0.25) is 0 Å². The third kappa shape index (κ3) is 6.61. The Morgan fingerprint density at radius 1 is 1.10 bits per heavy atom. The first-order valence-electron chi connectivity index (χ1n) is 14.0. The van der Waals surface area contributed by atoms with Crippen LogP contribution in [0, 0.1) is 19.8 Å². The van der Waals surface area contributed by atoms with E-state index in [-0.39, 0.29) is 17.9 Å². The summed E-state index contributed by atoms with van der Waals surface area (Å²) in [5.41, 5.74) is 6.50. The predicted octanol–water partition coefficient (Wildman–Crippen LogP) is 6.64. The van der Waals surface area contributed by atoms with Crippen LogP contribution in [0.4, 0.5) is 11.5 Å². The Bertz CT molecular complexity index is 1410. The van der Waals surface area contributed by atoms with Crippen LogP contribution in [0.3, 0.4) is 0 Å². The first-order chi connectivity index (χ1) is 19.4. The maximum Gasteiger partial charge on any atom is 0.259 e. The molecule has 1 amide bonds. The molecule has 0 saturated carbocycles. The fraction of sp³-hybridized carbons (Fsp3) is 0.333. The molecular weight excluding hydrogens is 500 g/mol. The van der Waals surface area contributed by atoms with Gasteiger partial charge in [-0.1, -0.05) is 48.1 Å². The smallest absolute Gasteiger partial charge is 0.259 e. The van der Waals surface area contributed by atoms with E-state index in [9.17, 15) is 10.0 Å². The molecule has 7 nitrogen and oxygen atoms in total. The highest BCUT2D eigenvalue weighted by Gasteiger charge is 2.33. The predicted molar refractivity (Wildman–Crippen MR) is 159 cm³/mol. The molecule has 0 spiro atoms. The van der Waals surface area contributed by atoms with Crippen LogP contribution in [-0.4, -0.2) is 41.4 Å². The number of pyridine rings is 1. The second kappa shape index (κ2) is 12.5. The summed E-state index contributed by atoms with van der Waals surface area (Å²) in [6.07, 6.45) is 10.3. The maximum absolute atomic E-state index is 13.6. The van der Waals surface area contributed by atoms with Crippen molar-refractivity contribution in [2.75, 3.05) is 30.8 Å². The molecular formula is C33H38N4O3. The second-order valence-electron chi connectivity index (χ2n) is 10.7. The van der Waals surface area contributed by atoms with E-state index in [0.29, 0.717) is 30.2 Å². The number of nitrogens with zero attached hydrogens (tertiary/aromatic N) is 2. The Kier molecular flexibility index (Phi) is 8.63. The number of nitrogens with one attached hydrogen (secondary N) is 2. The number of benzene rings is 2. The van der Waals surface area contributed by atoms with E-state index in [2.05, 4.69) is 28.9 Å². The average Bonchev–Trinajstić information content (AvgIpc) is 2.96. The van der Waals surface area contributed by atoms with Crippen LogP contribution in [-0.2, 0) is 6.42 Å². The fourth-order valence-corrected chi connectivity index (χ4v) is 5.46. The van der Waals surface area contributed by atoms with E-state index in [1.54, 1.807) is 7.05 Å². The molecule has 2 aliphatic carbocycles. The molecule has 3 aromatic rings. The highest BCUT2D eigenvalue weighted by molar-refractivity contribution is 6.07. The Morgan fingerprint density at radius 2 is 1.93 bits per heavy atom. The van der Waals surface area contributed by atoms with Crippen molar-refractivity contribution in [1.29, 1.82) is 0 Å². The van der Waals surface area contributed by atoms with Gasteiger partial charge in [0.15, 0.2) is 0 Å². The quantitative estimate of drug-likeness (QED) is 0.209. The number of rotatable bonds is 9. The van der Waals surface area contributed by atoms with Crippen molar-refractivity contribution in [2.24, 2.45) is 5.92 Å². The molecule has 2 atom stereocenters. The van der Waals surface area contributed by atoms with Gasteiger partial charge in [-0.3, -0.25) is 4.79 Å². The number of aryl methyl sites for hydroxylation is 2. The van der Waals surface area contributed by atoms with Gasteiger partial charge in [0.05, 0.1) is 18.2 Å². The van der Waals surface area contributed by atoms with Gasteiger partial charge in [-0.05, 0) is 92.5 Å². The summed E-state index contributed by atoms with van der Waals surface area (Å²) in [6.45, 7) is 4.94. The third-order valence-electron chi connectivity index (χ3n) is 7.59. The van der Waals surface area contributed by atoms with E-state index >= 15 is 0 Å². The summed E-state index contributed by atoms with van der Waals surface area (Å²) in [6, 6.07) is 17.3. The molecule has 0 fully saturated rings. The zero-order chi connectivity index (χ0) is 28.1. The summed E-state index contributed by atoms with van der Waals surface area (Å²) in [7, 11) is 1.67. The van der Waals surface area contributed by atoms with Crippen molar-refractivity contribution in [3.05, 3.63) is 106 Å². The molecule has 5 rings (SSSR count). The zero-order valence-corrected chi connectivity index (χ0v) is 23.5. The molecule has 1 aromatic heterocycles. The molecule has 0 bridgehead atoms. The van der Waals surface area contributed by atoms with Gasteiger partial charge < -0.3 is 20.6 Å². The summed E-state index contributed by atoms with van der Waals surface area (Å²) in [5, 5.41) is 18.3. The van der Waals surface area contributed by atoms with Gasteiger partial charge in [-0.25, -0.2) is 4.98 Å². The summed E-state index contributed by atoms with van der Waals surface area (Å²) < 4.78 is 5.93. The van der Waals surface area contributed by atoms with Crippen molar-refractivity contribution >= 4 is 17.4 Å². The van der Waals surface area contributed by atoms with Crippen molar-refractivity contribution < 1.29 is 14.7 Å². The van der Waals surface area contributed by atoms with Gasteiger partial charge in [-0.15, -0.1) is 0 Å². The lowest BCUT2D eigenvalue weighted by atomic mass is 9.77. The molecule has 1 heterocycles. The van der Waals surface area contributed by atoms with E-state index in [1.165, 1.54) is 10.6 Å². The number of hydrogen-bond donors (Lipinski definition) is 3. The van der Waals surface area contributed by atoms with E-state index in [1.807, 2.05) is 68.4 Å². The van der Waals surface area contributed by atoms with Crippen LogP contribution >= 0.6 is 0 Å². The van der Waals surface area contributed by atoms with Crippen molar-refractivity contribution in [1.82, 2.24) is 10.0 Å². The molecule has 0 saturated heterocycles. The van der Waals surface area contributed by atoms with Crippen molar-refractivity contribution in [2.45, 2.75) is 45.6 Å². The van der Waals surface area contributed by atoms with Crippen molar-refractivity contribution in [3.63, 3.8) is 0 Å². The monoisotopic (exact) mass is 538 g/mol. The summed E-state index contributed by atoms with van der Waals surface area (Å²) in [4.78, 5) is 18.6. The normalized spacial score (nSPS) is 18.2. The minimum absolute atomic E-state index is 0.249. The Balaban J connectivity index is 1.43. The summed E-state index contributed by atoms with van der Waals surface area (Å²) >= 11 is 0. The number of hydrogen-bond acceptors (Lipinski definition) is 6. The average molecular weight is 539 g/mol. The second-order valence-corrected chi connectivity index (χ2v) is 10.7. The minimum atomic E-state index is -0.262. The zero-order valence-electron chi connectivity index (χ0n) is 23.5. The van der Waals surface area contributed by atoms with Crippen molar-refractivity contribution in [3.8, 4) is 5.75 Å². The molecule has 40 heavy (non-hydrogen) atoms. The summed E-state index contributed by atoms with van der Waals surface area (Å²) in [5.74, 6) is 1.33. The highest BCUT2D eigenvalue weighted by Crippen LogP contribution is 2.41. The van der Waals surface area contributed by atoms with Crippen LogP contribution in [0.25, 0.3) is 0 Å². The van der Waals surface area contributed by atoms with E-state index in [4.69, 9.17) is 9.72 Å². The molecule has 2 aromatic carbocycles. The van der Waals surface area contributed by atoms with Crippen LogP contribution in [0.1, 0.15) is 58.0 Å². The number of aromatic nitrogens is 1. The number of allylic oxidation sites excluding steroid dienone is 4. The van der Waals surface area contributed by atoms with Crippen LogP contribution < -0.4 is 15.4 Å². The topological polar surface area (TPSA) is 86.7 Å². The molecule has 2 unspecified atom stereocenters. The van der Waals surface area contributed by atoms with Gasteiger partial charge >= 0.3 is 0 Å². The largest absolute Gasteiger partial charge is 0.492 e. The minimum Gasteiger partial charge on any atom is -0.492 e. The molecule has 0 aliphatic heterocycles. The number of fused-ring (bicyclic) bond motifs is 1. The molecule has 208 valence electrons. The lowest BCUT2D eigenvalue weighted by molar-refractivity contribution is -0.111. The lowest BCUT2D eigenvalue weighted by Gasteiger charge is -2.35. The fourth-order valence-electron chi connectivity index (χ4n) is 5.46.